The number of nitrogens with one attached hydrogen (secondary N) is 1. The van der Waals surface area contributed by atoms with E-state index in [1.165, 1.54) is 20.6 Å². The van der Waals surface area contributed by atoms with Gasteiger partial charge in [0.05, 0.1) is 17.6 Å². The van der Waals surface area contributed by atoms with Gasteiger partial charge >= 0.3 is 5.97 Å². The van der Waals surface area contributed by atoms with Crippen molar-refractivity contribution in [2.24, 2.45) is 5.41 Å². The molecule has 2 aliphatic rings. The number of carboxylic acid groups (broad SMARTS) is 1. The fourth-order valence-corrected chi connectivity index (χ4v) is 5.38. The number of alkyl halides is 1. The van der Waals surface area contributed by atoms with Gasteiger partial charge < -0.3 is 19.9 Å². The third-order valence-corrected chi connectivity index (χ3v) is 7.90. The number of rotatable bonds is 8. The Balaban J connectivity index is 0.000000199. The largest absolute Gasteiger partial charge is 0.477 e. The summed E-state index contributed by atoms with van der Waals surface area (Å²) in [5.41, 5.74) is 0.203. The van der Waals surface area contributed by atoms with E-state index in [9.17, 15) is 23.5 Å². The van der Waals surface area contributed by atoms with E-state index in [1.807, 2.05) is 12.1 Å². The Morgan fingerprint density at radius 1 is 1.02 bits per heavy atom. The van der Waals surface area contributed by atoms with Crippen LogP contribution in [0.1, 0.15) is 53.7 Å². The first-order valence-corrected chi connectivity index (χ1v) is 14.1. The van der Waals surface area contributed by atoms with Crippen molar-refractivity contribution >= 4 is 22.6 Å². The minimum absolute atomic E-state index is 0.0854. The summed E-state index contributed by atoms with van der Waals surface area (Å²) in [4.78, 5) is 25.3. The summed E-state index contributed by atoms with van der Waals surface area (Å²) in [5, 5.41) is 12.4. The molecule has 0 spiro atoms. The van der Waals surface area contributed by atoms with Crippen LogP contribution in [0.2, 0.25) is 0 Å². The molecule has 2 N–H and O–H groups in total. The summed E-state index contributed by atoms with van der Waals surface area (Å²) in [5.74, 6) is -3.27. The molecule has 1 saturated heterocycles. The van der Waals surface area contributed by atoms with Gasteiger partial charge in [0.25, 0.3) is 0 Å². The van der Waals surface area contributed by atoms with Crippen LogP contribution in [0.4, 0.5) is 18.9 Å². The summed E-state index contributed by atoms with van der Waals surface area (Å²) in [6, 6.07) is 21.7. The standard InChI is InChI=1S/C19H19F3N2O3.C14H15N/c1-19(8-20)4-5-23(9-19)16-13(21)6-11-15(14(16)22)24(10-2-3-10)7-12(17(11)25)18(26)27;1-3-7-13(8-4-1)11-15-12-14-9-5-2-6-10-14/h6-7,10H,2-5,8-9H2,1H3,(H,26,27);1-10,15H,11-12H2. The van der Waals surface area contributed by atoms with Gasteiger partial charge in [-0.2, -0.15) is 0 Å². The van der Waals surface area contributed by atoms with Crippen molar-refractivity contribution in [3.63, 3.8) is 0 Å². The van der Waals surface area contributed by atoms with Gasteiger partial charge in [-0.15, -0.1) is 0 Å². The molecular weight excluding hydrogens is 543 g/mol. The second-order valence-corrected chi connectivity index (χ2v) is 11.4. The molecule has 0 amide bonds. The number of carboxylic acids is 1. The van der Waals surface area contributed by atoms with Gasteiger partial charge in [-0.1, -0.05) is 67.6 Å². The van der Waals surface area contributed by atoms with Gasteiger partial charge in [-0.05, 0) is 36.5 Å². The molecule has 3 aromatic carbocycles. The monoisotopic (exact) mass is 577 g/mol. The maximum absolute atomic E-state index is 15.4. The Morgan fingerprint density at radius 3 is 2.12 bits per heavy atom. The topological polar surface area (TPSA) is 74.6 Å². The van der Waals surface area contributed by atoms with Crippen molar-refractivity contribution in [1.82, 2.24) is 9.88 Å². The molecule has 1 aliphatic heterocycles. The lowest BCUT2D eigenvalue weighted by Gasteiger charge is -2.24. The van der Waals surface area contributed by atoms with Crippen LogP contribution >= 0.6 is 0 Å². The molecule has 1 aliphatic carbocycles. The van der Waals surface area contributed by atoms with E-state index in [1.54, 1.807) is 6.92 Å². The first kappa shape index (κ1) is 29.4. The molecule has 220 valence electrons. The number of fused-ring (bicyclic) bond motifs is 1. The molecule has 0 bridgehead atoms. The predicted molar refractivity (Wildman–Crippen MR) is 158 cm³/mol. The first-order valence-electron chi connectivity index (χ1n) is 14.1. The maximum atomic E-state index is 15.4. The van der Waals surface area contributed by atoms with Gasteiger partial charge in [0.1, 0.15) is 17.1 Å². The van der Waals surface area contributed by atoms with Crippen LogP contribution in [-0.2, 0) is 13.1 Å². The minimum Gasteiger partial charge on any atom is -0.477 e. The Labute approximate surface area is 242 Å². The molecule has 0 radical (unpaired) electrons. The van der Waals surface area contributed by atoms with Crippen molar-refractivity contribution in [2.75, 3.05) is 24.7 Å². The van der Waals surface area contributed by atoms with E-state index in [0.717, 1.165) is 38.2 Å². The van der Waals surface area contributed by atoms with E-state index < -0.39 is 40.7 Å². The van der Waals surface area contributed by atoms with Crippen LogP contribution in [0.15, 0.2) is 77.7 Å². The molecule has 6 nitrogen and oxygen atoms in total. The second kappa shape index (κ2) is 12.4. The lowest BCUT2D eigenvalue weighted by atomic mass is 9.92. The first-order chi connectivity index (χ1) is 20.2. The van der Waals surface area contributed by atoms with E-state index in [0.29, 0.717) is 13.0 Å². The highest BCUT2D eigenvalue weighted by atomic mass is 19.1. The summed E-state index contributed by atoms with van der Waals surface area (Å²) < 4.78 is 44.9. The minimum atomic E-state index is -1.43. The molecule has 42 heavy (non-hydrogen) atoms. The fraction of sp³-hybridized carbons (Fsp3) is 0.333. The number of hydrogen-bond acceptors (Lipinski definition) is 4. The zero-order valence-corrected chi connectivity index (χ0v) is 23.5. The molecule has 1 unspecified atom stereocenters. The lowest BCUT2D eigenvalue weighted by molar-refractivity contribution is 0.0694. The molecule has 1 saturated carbocycles. The average molecular weight is 578 g/mol. The molecule has 2 fully saturated rings. The van der Waals surface area contributed by atoms with Gasteiger partial charge in [-0.3, -0.25) is 9.18 Å². The van der Waals surface area contributed by atoms with Crippen molar-refractivity contribution in [2.45, 2.75) is 45.3 Å². The number of aromatic carboxylic acids is 1. The van der Waals surface area contributed by atoms with E-state index in [-0.39, 0.29) is 29.2 Å². The van der Waals surface area contributed by atoms with Crippen LogP contribution in [0.25, 0.3) is 10.9 Å². The molecule has 6 rings (SSSR count). The van der Waals surface area contributed by atoms with Crippen molar-refractivity contribution in [3.8, 4) is 0 Å². The number of hydrogen-bond donors (Lipinski definition) is 2. The highest BCUT2D eigenvalue weighted by Crippen LogP contribution is 2.41. The maximum Gasteiger partial charge on any atom is 0.341 e. The third-order valence-electron chi connectivity index (χ3n) is 7.90. The number of nitrogens with zero attached hydrogens (tertiary/aromatic N) is 2. The Morgan fingerprint density at radius 2 is 1.62 bits per heavy atom. The smallest absolute Gasteiger partial charge is 0.341 e. The van der Waals surface area contributed by atoms with Crippen molar-refractivity contribution in [1.29, 1.82) is 0 Å². The molecule has 1 aromatic heterocycles. The predicted octanol–water partition coefficient (Wildman–Crippen LogP) is 6.48. The van der Waals surface area contributed by atoms with Gasteiger partial charge in [-0.25, -0.2) is 13.6 Å². The molecule has 9 heteroatoms. The number of aromatic nitrogens is 1. The van der Waals surface area contributed by atoms with Crippen LogP contribution in [-0.4, -0.2) is 35.4 Å². The summed E-state index contributed by atoms with van der Waals surface area (Å²) in [6.45, 7) is 3.47. The van der Waals surface area contributed by atoms with Gasteiger partial charge in [0.2, 0.25) is 5.43 Å². The lowest BCUT2D eigenvalue weighted by Crippen LogP contribution is -2.28. The highest BCUT2D eigenvalue weighted by Gasteiger charge is 2.37. The molecule has 1 atom stereocenters. The van der Waals surface area contributed by atoms with E-state index in [2.05, 4.69) is 53.8 Å². The average Bonchev–Trinajstić information content (AvgIpc) is 3.76. The molecule has 2 heterocycles. The number of benzene rings is 3. The fourth-order valence-electron chi connectivity index (χ4n) is 5.38. The Hall–Kier alpha value is -4.11. The summed E-state index contributed by atoms with van der Waals surface area (Å²) >= 11 is 0. The van der Waals surface area contributed by atoms with Crippen LogP contribution in [0.5, 0.6) is 0 Å². The quantitative estimate of drug-likeness (QED) is 0.251. The van der Waals surface area contributed by atoms with E-state index >= 15 is 4.39 Å². The number of carbonyl (C=O) groups is 1. The van der Waals surface area contributed by atoms with Crippen molar-refractivity contribution < 1.29 is 23.1 Å². The number of pyridine rings is 1. The normalized spacial score (nSPS) is 18.1. The van der Waals surface area contributed by atoms with Crippen LogP contribution in [0.3, 0.4) is 0 Å². The van der Waals surface area contributed by atoms with E-state index in [4.69, 9.17) is 0 Å². The molecule has 4 aromatic rings. The molecular formula is C33H34F3N3O3. The summed E-state index contributed by atoms with van der Waals surface area (Å²) in [6.07, 6.45) is 3.07. The second-order valence-electron chi connectivity index (χ2n) is 11.4. The van der Waals surface area contributed by atoms with Crippen LogP contribution < -0.4 is 15.6 Å². The highest BCUT2D eigenvalue weighted by molar-refractivity contribution is 5.94. The summed E-state index contributed by atoms with van der Waals surface area (Å²) in [7, 11) is 0. The third kappa shape index (κ3) is 6.36. The Bertz CT molecular complexity index is 1580. The van der Waals surface area contributed by atoms with Crippen LogP contribution in [0, 0.1) is 17.0 Å². The number of anilines is 1. The van der Waals surface area contributed by atoms with Gasteiger partial charge in [0.15, 0.2) is 5.82 Å². The SMILES string of the molecule is CC1(CF)CCN(c2c(F)cc3c(=O)c(C(=O)O)cn(C4CC4)c3c2F)C1.c1ccc(CNCc2ccccc2)cc1. The zero-order valence-electron chi connectivity index (χ0n) is 23.5. The zero-order chi connectivity index (χ0) is 29.9. The number of halogens is 3. The van der Waals surface area contributed by atoms with Gasteiger partial charge in [0, 0.05) is 43.8 Å². The Kier molecular flexibility index (Phi) is 8.68. The van der Waals surface area contributed by atoms with Crippen molar-refractivity contribution in [3.05, 3.63) is 111 Å².